The maximum Gasteiger partial charge on any atom is 0.145 e. The summed E-state index contributed by atoms with van der Waals surface area (Å²) in [6.45, 7) is 2.36. The van der Waals surface area contributed by atoms with Gasteiger partial charge in [0.25, 0.3) is 0 Å². The van der Waals surface area contributed by atoms with Crippen molar-refractivity contribution in [2.45, 2.75) is 89.9 Å². The molecule has 5 heteroatoms. The third-order valence-electron chi connectivity index (χ3n) is 8.31. The van der Waals surface area contributed by atoms with Crippen LogP contribution in [0, 0.1) is 41.0 Å². The molecule has 186 valence electrons. The Labute approximate surface area is 206 Å². The van der Waals surface area contributed by atoms with E-state index in [9.17, 15) is 17.6 Å². The van der Waals surface area contributed by atoms with Crippen LogP contribution in [0.1, 0.15) is 93.7 Å². The minimum absolute atomic E-state index is 0.0324. The smallest absolute Gasteiger partial charge is 0.145 e. The number of rotatable bonds is 7. The molecule has 2 saturated carbocycles. The third-order valence-corrected chi connectivity index (χ3v) is 8.67. The van der Waals surface area contributed by atoms with Gasteiger partial charge in [0, 0.05) is 5.56 Å². The van der Waals surface area contributed by atoms with Gasteiger partial charge in [-0.25, -0.2) is 17.6 Å². The summed E-state index contributed by atoms with van der Waals surface area (Å²) in [6.07, 6.45) is 12.5. The molecule has 0 saturated heterocycles. The summed E-state index contributed by atoms with van der Waals surface area (Å²) in [5.41, 5.74) is 1.03. The van der Waals surface area contributed by atoms with E-state index in [1.807, 2.05) is 0 Å². The number of benzene rings is 2. The fourth-order valence-corrected chi connectivity index (χ4v) is 6.10. The first-order valence-corrected chi connectivity index (χ1v) is 13.3. The van der Waals surface area contributed by atoms with Crippen molar-refractivity contribution in [3.8, 4) is 0 Å². The molecule has 0 nitrogen and oxygen atoms in total. The SMILES string of the molecule is C[C@H]1CC[C@H](CC[C@H]2CC[C@H](c3cc(F)c(CCc4cc(F)c(Cl)c(F)c4)c(F)c3)CC2)CC1. The van der Waals surface area contributed by atoms with Crippen molar-refractivity contribution in [1.29, 1.82) is 0 Å². The Bertz CT molecular complexity index is 926. The molecule has 2 aromatic rings. The Kier molecular flexibility index (Phi) is 8.61. The van der Waals surface area contributed by atoms with Gasteiger partial charge >= 0.3 is 0 Å². The van der Waals surface area contributed by atoms with Crippen LogP contribution in [-0.4, -0.2) is 0 Å². The van der Waals surface area contributed by atoms with E-state index >= 15 is 0 Å². The molecular formula is C29H35ClF4. The molecule has 2 aliphatic carbocycles. The third kappa shape index (κ3) is 6.36. The zero-order chi connectivity index (χ0) is 24.2. The van der Waals surface area contributed by atoms with Gasteiger partial charge in [0.2, 0.25) is 0 Å². The molecule has 0 aliphatic heterocycles. The summed E-state index contributed by atoms with van der Waals surface area (Å²) >= 11 is 5.51. The molecule has 0 aromatic heterocycles. The zero-order valence-corrected chi connectivity index (χ0v) is 20.7. The molecule has 0 N–H and O–H groups in total. The van der Waals surface area contributed by atoms with Crippen LogP contribution < -0.4 is 0 Å². The quantitative estimate of drug-likeness (QED) is 0.265. The number of halogens is 5. The molecule has 0 heterocycles. The Balaban J connectivity index is 1.30. The molecule has 2 aliphatic rings. The minimum atomic E-state index is -0.864. The van der Waals surface area contributed by atoms with Crippen LogP contribution in [0.2, 0.25) is 5.02 Å². The summed E-state index contributed by atoms with van der Waals surface area (Å²) in [7, 11) is 0. The van der Waals surface area contributed by atoms with E-state index in [0.717, 1.165) is 61.1 Å². The molecule has 0 radical (unpaired) electrons. The highest BCUT2D eigenvalue weighted by Gasteiger charge is 2.26. The predicted molar refractivity (Wildman–Crippen MR) is 130 cm³/mol. The van der Waals surface area contributed by atoms with E-state index in [2.05, 4.69) is 6.92 Å². The van der Waals surface area contributed by atoms with Gasteiger partial charge in [0.1, 0.15) is 28.3 Å². The van der Waals surface area contributed by atoms with Crippen molar-refractivity contribution >= 4 is 11.6 Å². The van der Waals surface area contributed by atoms with Crippen molar-refractivity contribution in [3.05, 3.63) is 69.2 Å². The Morgan fingerprint density at radius 2 is 1.18 bits per heavy atom. The van der Waals surface area contributed by atoms with Gasteiger partial charge in [0.05, 0.1) is 0 Å². The van der Waals surface area contributed by atoms with E-state index in [1.54, 1.807) is 0 Å². The lowest BCUT2D eigenvalue weighted by Crippen LogP contribution is -2.17. The minimum Gasteiger partial charge on any atom is -0.207 e. The first-order chi connectivity index (χ1) is 16.3. The van der Waals surface area contributed by atoms with E-state index < -0.39 is 28.3 Å². The Morgan fingerprint density at radius 1 is 0.676 bits per heavy atom. The van der Waals surface area contributed by atoms with Crippen LogP contribution in [0.15, 0.2) is 24.3 Å². The summed E-state index contributed by atoms with van der Waals surface area (Å²) in [5.74, 6) is -0.146. The van der Waals surface area contributed by atoms with E-state index in [0.29, 0.717) is 5.56 Å². The molecule has 0 spiro atoms. The molecule has 0 unspecified atom stereocenters. The number of aryl methyl sites for hydroxylation is 1. The van der Waals surface area contributed by atoms with Crippen molar-refractivity contribution in [2.75, 3.05) is 0 Å². The molecule has 34 heavy (non-hydrogen) atoms. The maximum atomic E-state index is 14.8. The largest absolute Gasteiger partial charge is 0.207 e. The van der Waals surface area contributed by atoms with Crippen LogP contribution in [0.3, 0.4) is 0 Å². The zero-order valence-electron chi connectivity index (χ0n) is 20.0. The van der Waals surface area contributed by atoms with Crippen molar-refractivity contribution < 1.29 is 17.6 Å². The maximum absolute atomic E-state index is 14.8. The fourth-order valence-electron chi connectivity index (χ4n) is 5.99. The Hall–Kier alpha value is -1.55. The molecule has 0 bridgehead atoms. The lowest BCUT2D eigenvalue weighted by Gasteiger charge is -2.31. The van der Waals surface area contributed by atoms with Gasteiger partial charge in [-0.1, -0.05) is 57.0 Å². The van der Waals surface area contributed by atoms with Gasteiger partial charge < -0.3 is 0 Å². The van der Waals surface area contributed by atoms with Crippen LogP contribution in [-0.2, 0) is 12.8 Å². The van der Waals surface area contributed by atoms with Crippen molar-refractivity contribution in [1.82, 2.24) is 0 Å². The molecule has 2 aromatic carbocycles. The Morgan fingerprint density at radius 3 is 1.71 bits per heavy atom. The molecular weight excluding hydrogens is 460 g/mol. The summed E-state index contributed by atoms with van der Waals surface area (Å²) in [5, 5.41) is -0.566. The average molecular weight is 495 g/mol. The highest BCUT2D eigenvalue weighted by molar-refractivity contribution is 6.30. The number of hydrogen-bond acceptors (Lipinski definition) is 0. The number of hydrogen-bond donors (Lipinski definition) is 0. The van der Waals surface area contributed by atoms with Crippen LogP contribution in [0.25, 0.3) is 0 Å². The average Bonchev–Trinajstić information content (AvgIpc) is 2.82. The molecule has 0 atom stereocenters. The van der Waals surface area contributed by atoms with Gasteiger partial charge in [-0.3, -0.25) is 0 Å². The second kappa shape index (κ2) is 11.5. The van der Waals surface area contributed by atoms with E-state index in [-0.39, 0.29) is 24.3 Å². The summed E-state index contributed by atoms with van der Waals surface area (Å²) < 4.78 is 56.9. The lowest BCUT2D eigenvalue weighted by atomic mass is 9.74. The first-order valence-electron chi connectivity index (χ1n) is 12.9. The van der Waals surface area contributed by atoms with Crippen molar-refractivity contribution in [3.63, 3.8) is 0 Å². The predicted octanol–water partition coefficient (Wildman–Crippen LogP) is 9.56. The van der Waals surface area contributed by atoms with Crippen LogP contribution in [0.5, 0.6) is 0 Å². The highest BCUT2D eigenvalue weighted by atomic mass is 35.5. The van der Waals surface area contributed by atoms with Gasteiger partial charge in [0.15, 0.2) is 0 Å². The topological polar surface area (TPSA) is 0 Å². The van der Waals surface area contributed by atoms with E-state index in [1.165, 1.54) is 50.7 Å². The van der Waals surface area contributed by atoms with Crippen LogP contribution >= 0.6 is 11.6 Å². The fraction of sp³-hybridized carbons (Fsp3) is 0.586. The summed E-state index contributed by atoms with van der Waals surface area (Å²) in [4.78, 5) is 0. The second-order valence-corrected chi connectivity index (χ2v) is 11.1. The van der Waals surface area contributed by atoms with Gasteiger partial charge in [-0.2, -0.15) is 0 Å². The van der Waals surface area contributed by atoms with Crippen molar-refractivity contribution in [2.24, 2.45) is 17.8 Å². The first kappa shape index (κ1) is 25.5. The van der Waals surface area contributed by atoms with Gasteiger partial charge in [-0.15, -0.1) is 0 Å². The lowest BCUT2D eigenvalue weighted by molar-refractivity contribution is 0.237. The molecule has 0 amide bonds. The molecule has 2 fully saturated rings. The van der Waals surface area contributed by atoms with Gasteiger partial charge in [-0.05, 0) is 97.6 Å². The summed E-state index contributed by atoms with van der Waals surface area (Å²) in [6, 6.07) is 5.16. The highest BCUT2D eigenvalue weighted by Crippen LogP contribution is 2.40. The molecule has 4 rings (SSSR count). The monoisotopic (exact) mass is 494 g/mol. The van der Waals surface area contributed by atoms with Crippen LogP contribution in [0.4, 0.5) is 17.6 Å². The normalized spacial score (nSPS) is 25.5. The second-order valence-electron chi connectivity index (χ2n) is 10.8. The van der Waals surface area contributed by atoms with E-state index in [4.69, 9.17) is 11.6 Å². The standard InChI is InChI=1S/C29H35ClF4/c1-18-2-4-19(5-3-18)6-7-20-8-11-22(12-9-20)23-16-25(31)24(26(32)17-23)13-10-21-14-27(33)29(30)28(34)15-21/h14-20,22H,2-13H2,1H3/t18-,19-,20-,22-.